The van der Waals surface area contributed by atoms with Gasteiger partial charge in [-0.05, 0) is 41.6 Å². The Hall–Kier alpha value is -2.35. The zero-order chi connectivity index (χ0) is 18.0. The predicted molar refractivity (Wildman–Crippen MR) is 86.7 cm³/mol. The number of amides is 1. The minimum Gasteiger partial charge on any atom is -0.454 e. The highest BCUT2D eigenvalue weighted by molar-refractivity contribution is 8.00. The molecule has 0 radical (unpaired) electrons. The maximum Gasteiger partial charge on any atom is 0.446 e. The minimum absolute atomic E-state index is 0.0214. The Balaban J connectivity index is 1.77. The number of carbonyl (C=O) groups is 1. The monoisotopic (exact) mass is 369 g/mol. The molecule has 0 atom stereocenters. The quantitative estimate of drug-likeness (QED) is 0.754. The van der Waals surface area contributed by atoms with E-state index in [0.29, 0.717) is 11.5 Å². The van der Waals surface area contributed by atoms with Crippen LogP contribution < -0.4 is 9.47 Å². The van der Waals surface area contributed by atoms with E-state index in [0.717, 1.165) is 5.56 Å². The van der Waals surface area contributed by atoms with Gasteiger partial charge in [-0.2, -0.15) is 13.2 Å². The maximum absolute atomic E-state index is 12.7. The van der Waals surface area contributed by atoms with Crippen LogP contribution in [-0.2, 0) is 6.54 Å². The van der Waals surface area contributed by atoms with Crippen molar-refractivity contribution in [2.75, 3.05) is 13.8 Å². The number of hydrogen-bond donors (Lipinski definition) is 0. The highest BCUT2D eigenvalue weighted by atomic mass is 32.2. The normalized spacial score (nSPS) is 13.0. The molecule has 3 rings (SSSR count). The van der Waals surface area contributed by atoms with Crippen LogP contribution in [0.3, 0.4) is 0 Å². The fourth-order valence-electron chi connectivity index (χ4n) is 2.45. The SMILES string of the molecule is CN(Cc1ccc2c(c1)OCO2)C(=O)c1ccccc1SC(F)(F)F. The molecule has 0 bridgehead atoms. The first-order valence-corrected chi connectivity index (χ1v) is 8.14. The number of nitrogens with zero attached hydrogens (tertiary/aromatic N) is 1. The molecule has 8 heteroatoms. The minimum atomic E-state index is -4.45. The van der Waals surface area contributed by atoms with E-state index < -0.39 is 11.4 Å². The molecule has 4 nitrogen and oxygen atoms in total. The largest absolute Gasteiger partial charge is 0.454 e. The molecule has 2 aromatic carbocycles. The van der Waals surface area contributed by atoms with Gasteiger partial charge in [-0.3, -0.25) is 4.79 Å². The molecule has 1 aliphatic heterocycles. The number of alkyl halides is 3. The molecule has 2 aromatic rings. The van der Waals surface area contributed by atoms with Crippen molar-refractivity contribution < 1.29 is 27.4 Å². The smallest absolute Gasteiger partial charge is 0.446 e. The zero-order valence-corrected chi connectivity index (χ0v) is 14.0. The van der Waals surface area contributed by atoms with Crippen LogP contribution in [0.25, 0.3) is 0 Å². The lowest BCUT2D eigenvalue weighted by atomic mass is 10.1. The van der Waals surface area contributed by atoms with Crippen LogP contribution in [0.5, 0.6) is 11.5 Å². The Morgan fingerprint density at radius 2 is 1.88 bits per heavy atom. The lowest BCUT2D eigenvalue weighted by Gasteiger charge is -2.19. The second-order valence-electron chi connectivity index (χ2n) is 5.39. The van der Waals surface area contributed by atoms with Gasteiger partial charge >= 0.3 is 5.51 Å². The van der Waals surface area contributed by atoms with Gasteiger partial charge in [0.1, 0.15) is 0 Å². The molecule has 0 saturated carbocycles. The van der Waals surface area contributed by atoms with Crippen molar-refractivity contribution in [2.24, 2.45) is 0 Å². The number of fused-ring (bicyclic) bond motifs is 1. The molecule has 1 amide bonds. The van der Waals surface area contributed by atoms with Crippen molar-refractivity contribution in [2.45, 2.75) is 16.9 Å². The van der Waals surface area contributed by atoms with Crippen LogP contribution in [0.2, 0.25) is 0 Å². The van der Waals surface area contributed by atoms with Crippen LogP contribution in [-0.4, -0.2) is 30.2 Å². The van der Waals surface area contributed by atoms with Gasteiger partial charge < -0.3 is 14.4 Å². The number of halogens is 3. The fraction of sp³-hybridized carbons (Fsp3) is 0.235. The summed E-state index contributed by atoms with van der Waals surface area (Å²) in [5, 5.41) is 0. The Morgan fingerprint density at radius 1 is 1.16 bits per heavy atom. The standard InChI is InChI=1S/C17H14F3NO3S/c1-21(9-11-6-7-13-14(8-11)24-10-23-13)16(22)12-4-2-3-5-15(12)25-17(18,19)20/h2-8H,9-10H2,1H3. The van der Waals surface area contributed by atoms with E-state index in [4.69, 9.17) is 9.47 Å². The maximum atomic E-state index is 12.7. The van der Waals surface area contributed by atoms with E-state index in [9.17, 15) is 18.0 Å². The van der Waals surface area contributed by atoms with E-state index in [1.807, 2.05) is 0 Å². The third-order valence-electron chi connectivity index (χ3n) is 3.55. The van der Waals surface area contributed by atoms with Crippen molar-refractivity contribution >= 4 is 17.7 Å². The van der Waals surface area contributed by atoms with Gasteiger partial charge in [-0.15, -0.1) is 0 Å². The molecule has 0 aliphatic carbocycles. The first kappa shape index (κ1) is 17.5. The van der Waals surface area contributed by atoms with Gasteiger partial charge in [0.15, 0.2) is 11.5 Å². The summed E-state index contributed by atoms with van der Waals surface area (Å²) in [6.45, 7) is 0.385. The molecule has 0 unspecified atom stereocenters. The summed E-state index contributed by atoms with van der Waals surface area (Å²) in [5.74, 6) is 0.737. The Labute approximate surface area is 146 Å². The van der Waals surface area contributed by atoms with Gasteiger partial charge in [-0.25, -0.2) is 0 Å². The van der Waals surface area contributed by atoms with Gasteiger partial charge in [0.25, 0.3) is 5.91 Å². The molecule has 1 heterocycles. The Kier molecular flexibility index (Phi) is 4.80. The van der Waals surface area contributed by atoms with Crippen LogP contribution >= 0.6 is 11.8 Å². The van der Waals surface area contributed by atoms with Crippen molar-refractivity contribution in [3.05, 3.63) is 53.6 Å². The molecule has 0 fully saturated rings. The van der Waals surface area contributed by atoms with E-state index in [1.54, 1.807) is 31.3 Å². The highest BCUT2D eigenvalue weighted by Gasteiger charge is 2.31. The van der Waals surface area contributed by atoms with Gasteiger partial charge in [0.2, 0.25) is 6.79 Å². The third-order valence-corrected chi connectivity index (χ3v) is 4.35. The lowest BCUT2D eigenvalue weighted by Crippen LogP contribution is -2.26. The third kappa shape index (κ3) is 4.19. The fourth-order valence-corrected chi connectivity index (χ4v) is 3.11. The molecule has 132 valence electrons. The molecule has 0 aromatic heterocycles. The van der Waals surface area contributed by atoms with Crippen LogP contribution in [0.1, 0.15) is 15.9 Å². The second kappa shape index (κ2) is 6.87. The average molecular weight is 369 g/mol. The van der Waals surface area contributed by atoms with Gasteiger partial charge in [0.05, 0.1) is 5.56 Å². The first-order chi connectivity index (χ1) is 11.8. The highest BCUT2D eigenvalue weighted by Crippen LogP contribution is 2.39. The van der Waals surface area contributed by atoms with Crippen LogP contribution in [0.15, 0.2) is 47.4 Å². The molecule has 0 saturated heterocycles. The van der Waals surface area contributed by atoms with Crippen LogP contribution in [0, 0.1) is 0 Å². The Bertz CT molecular complexity index is 795. The average Bonchev–Trinajstić information content (AvgIpc) is 3.01. The predicted octanol–water partition coefficient (Wildman–Crippen LogP) is 4.30. The number of thioether (sulfide) groups is 1. The second-order valence-corrected chi connectivity index (χ2v) is 6.50. The van der Waals surface area contributed by atoms with Crippen molar-refractivity contribution in [3.63, 3.8) is 0 Å². The molecule has 0 spiro atoms. The van der Waals surface area contributed by atoms with Crippen molar-refractivity contribution in [3.8, 4) is 11.5 Å². The zero-order valence-electron chi connectivity index (χ0n) is 13.2. The molecule has 0 N–H and O–H groups in total. The summed E-state index contributed by atoms with van der Waals surface area (Å²) in [7, 11) is 1.54. The number of benzene rings is 2. The van der Waals surface area contributed by atoms with E-state index in [-0.39, 0.29) is 35.6 Å². The molecular formula is C17H14F3NO3S. The van der Waals surface area contributed by atoms with E-state index in [2.05, 4.69) is 0 Å². The number of rotatable bonds is 4. The summed E-state index contributed by atoms with van der Waals surface area (Å²) < 4.78 is 48.5. The number of carbonyl (C=O) groups excluding carboxylic acids is 1. The number of ether oxygens (including phenoxy) is 2. The molecular weight excluding hydrogens is 355 g/mol. The van der Waals surface area contributed by atoms with Gasteiger partial charge in [0, 0.05) is 18.5 Å². The number of hydrogen-bond acceptors (Lipinski definition) is 4. The summed E-state index contributed by atoms with van der Waals surface area (Å²) in [6.07, 6.45) is 0. The summed E-state index contributed by atoms with van der Waals surface area (Å²) >= 11 is -0.288. The Morgan fingerprint density at radius 3 is 2.64 bits per heavy atom. The summed E-state index contributed by atoms with van der Waals surface area (Å²) in [6, 6.07) is 11.0. The molecule has 1 aliphatic rings. The lowest BCUT2D eigenvalue weighted by molar-refractivity contribution is -0.0328. The topological polar surface area (TPSA) is 38.8 Å². The summed E-state index contributed by atoms with van der Waals surface area (Å²) in [4.78, 5) is 13.8. The van der Waals surface area contributed by atoms with Crippen molar-refractivity contribution in [1.29, 1.82) is 0 Å². The first-order valence-electron chi connectivity index (χ1n) is 7.32. The molecule has 25 heavy (non-hydrogen) atoms. The van der Waals surface area contributed by atoms with E-state index in [1.165, 1.54) is 23.1 Å². The van der Waals surface area contributed by atoms with Gasteiger partial charge in [-0.1, -0.05) is 18.2 Å². The van der Waals surface area contributed by atoms with E-state index >= 15 is 0 Å². The summed E-state index contributed by atoms with van der Waals surface area (Å²) in [5.41, 5.74) is -3.64. The van der Waals surface area contributed by atoms with Crippen LogP contribution in [0.4, 0.5) is 13.2 Å². The van der Waals surface area contributed by atoms with Crippen molar-refractivity contribution in [1.82, 2.24) is 4.90 Å².